The molecule has 3 rings (SSSR count). The molecule has 4 atom stereocenters. The van der Waals surface area contributed by atoms with Gasteiger partial charge in [0.2, 0.25) is 0 Å². The lowest BCUT2D eigenvalue weighted by molar-refractivity contribution is -0.0655. The number of carbonyl (C=O) groups is 1. The van der Waals surface area contributed by atoms with E-state index in [0.29, 0.717) is 29.6 Å². The number of rotatable bonds is 9. The summed E-state index contributed by atoms with van der Waals surface area (Å²) in [6.07, 6.45) is 6.54. The first-order valence-electron chi connectivity index (χ1n) is 10.7. The van der Waals surface area contributed by atoms with Crippen LogP contribution in [0.1, 0.15) is 51.0 Å². The molecule has 2 aromatic rings. The first kappa shape index (κ1) is 23.1. The number of ether oxygens (including phenoxy) is 1. The van der Waals surface area contributed by atoms with E-state index in [1.165, 1.54) is 5.57 Å². The summed E-state index contributed by atoms with van der Waals surface area (Å²) in [6.45, 7) is 8.12. The zero-order valence-corrected chi connectivity index (χ0v) is 18.5. The summed E-state index contributed by atoms with van der Waals surface area (Å²) in [5.41, 5.74) is 3.20. The van der Waals surface area contributed by atoms with E-state index in [0.717, 1.165) is 12.0 Å². The van der Waals surface area contributed by atoms with E-state index in [1.54, 1.807) is 26.1 Å². The molecule has 0 saturated carbocycles. The third-order valence-corrected chi connectivity index (χ3v) is 5.40. The summed E-state index contributed by atoms with van der Waals surface area (Å²) in [5.74, 6) is -0.0997. The molecule has 8 heteroatoms. The fourth-order valence-electron chi connectivity index (χ4n) is 3.79. The summed E-state index contributed by atoms with van der Waals surface area (Å²) in [7, 11) is 0. The molecule has 1 aliphatic carbocycles. The van der Waals surface area contributed by atoms with Gasteiger partial charge in [0.05, 0.1) is 23.1 Å². The monoisotopic (exact) mass is 430 g/mol. The molecule has 7 nitrogen and oxygen atoms in total. The summed E-state index contributed by atoms with van der Waals surface area (Å²) in [4.78, 5) is 16.6. The van der Waals surface area contributed by atoms with Crippen LogP contribution in [0.3, 0.4) is 0 Å². The van der Waals surface area contributed by atoms with Gasteiger partial charge in [-0.2, -0.15) is 5.10 Å². The van der Waals surface area contributed by atoms with Gasteiger partial charge in [-0.25, -0.2) is 4.39 Å². The minimum absolute atomic E-state index is 0.162. The van der Waals surface area contributed by atoms with Gasteiger partial charge in [-0.1, -0.05) is 24.6 Å². The van der Waals surface area contributed by atoms with Gasteiger partial charge in [0.15, 0.2) is 6.36 Å². The van der Waals surface area contributed by atoms with Crippen LogP contribution in [0.15, 0.2) is 41.8 Å². The number of fused-ring (bicyclic) bond motifs is 1. The van der Waals surface area contributed by atoms with Gasteiger partial charge in [0.1, 0.15) is 5.69 Å². The van der Waals surface area contributed by atoms with Crippen molar-refractivity contribution in [2.24, 2.45) is 5.92 Å². The summed E-state index contributed by atoms with van der Waals surface area (Å²) in [5, 5.41) is 17.3. The van der Waals surface area contributed by atoms with Crippen molar-refractivity contribution in [3.05, 3.63) is 47.5 Å². The molecule has 0 aromatic carbocycles. The number of aliphatic hydroxyl groups is 1. The first-order chi connectivity index (χ1) is 14.8. The molecular weight excluding hydrogens is 399 g/mol. The van der Waals surface area contributed by atoms with E-state index in [-0.39, 0.29) is 24.5 Å². The Labute approximate surface area is 182 Å². The molecule has 0 saturated heterocycles. The van der Waals surface area contributed by atoms with Crippen molar-refractivity contribution >= 4 is 16.8 Å². The van der Waals surface area contributed by atoms with Crippen molar-refractivity contribution in [1.29, 1.82) is 0 Å². The average molecular weight is 431 g/mol. The number of nitrogens with one attached hydrogen (secondary N) is 1. The number of aromatic nitrogens is 3. The van der Waals surface area contributed by atoms with Crippen LogP contribution >= 0.6 is 0 Å². The molecule has 168 valence electrons. The van der Waals surface area contributed by atoms with Crippen molar-refractivity contribution < 1.29 is 19.0 Å². The van der Waals surface area contributed by atoms with Crippen LogP contribution in [-0.2, 0) is 11.3 Å². The maximum Gasteiger partial charge on any atom is 0.270 e. The van der Waals surface area contributed by atoms with Gasteiger partial charge in [0, 0.05) is 37.8 Å². The lowest BCUT2D eigenvalue weighted by atomic mass is 9.88. The molecule has 2 aromatic heterocycles. The molecule has 3 unspecified atom stereocenters. The van der Waals surface area contributed by atoms with E-state index >= 15 is 0 Å². The number of halogens is 1. The smallest absolute Gasteiger partial charge is 0.270 e. The van der Waals surface area contributed by atoms with Crippen molar-refractivity contribution in [1.82, 2.24) is 20.1 Å². The van der Waals surface area contributed by atoms with Gasteiger partial charge in [-0.3, -0.25) is 14.5 Å². The molecule has 0 fully saturated rings. The van der Waals surface area contributed by atoms with Gasteiger partial charge < -0.3 is 15.2 Å². The molecule has 0 aliphatic heterocycles. The highest BCUT2D eigenvalue weighted by molar-refractivity contribution is 6.04. The standard InChI is InChI=1S/C23H31FN4O3/c1-5-21(24)31-16(4)18-7-6-17(10-14(18)2)12-28-13-19-20(27-28)8-9-25-22(19)23(30)26-11-15(3)29/h6-9,13,15-17,21,29H,5,10-12H2,1-4H3,(H,26,30)/t15-,16?,17?,21?/m1/s1. The third kappa shape index (κ3) is 5.77. The average Bonchev–Trinajstić information content (AvgIpc) is 3.14. The van der Waals surface area contributed by atoms with Gasteiger partial charge in [0.25, 0.3) is 5.91 Å². The van der Waals surface area contributed by atoms with Crippen molar-refractivity contribution in [3.8, 4) is 0 Å². The Balaban J connectivity index is 1.70. The molecule has 2 heterocycles. The molecule has 2 N–H and O–H groups in total. The van der Waals surface area contributed by atoms with Crippen molar-refractivity contribution in [3.63, 3.8) is 0 Å². The minimum Gasteiger partial charge on any atom is -0.392 e. The molecule has 1 amide bonds. The number of alkyl halides is 1. The Morgan fingerprint density at radius 2 is 2.23 bits per heavy atom. The molecule has 31 heavy (non-hydrogen) atoms. The highest BCUT2D eigenvalue weighted by atomic mass is 19.1. The number of allylic oxidation sites excluding steroid dienone is 2. The largest absolute Gasteiger partial charge is 0.392 e. The first-order valence-corrected chi connectivity index (χ1v) is 10.7. The third-order valence-electron chi connectivity index (χ3n) is 5.40. The maximum atomic E-state index is 13.6. The highest BCUT2D eigenvalue weighted by Crippen LogP contribution is 2.29. The summed E-state index contributed by atoms with van der Waals surface area (Å²) >= 11 is 0. The number of hydrogen-bond acceptors (Lipinski definition) is 5. The molecule has 0 spiro atoms. The van der Waals surface area contributed by atoms with Crippen LogP contribution < -0.4 is 5.32 Å². The van der Waals surface area contributed by atoms with Crippen LogP contribution in [0.2, 0.25) is 0 Å². The molecular formula is C23H31FN4O3. The van der Waals surface area contributed by atoms with Crippen molar-refractivity contribution in [2.45, 2.75) is 65.6 Å². The fraction of sp³-hybridized carbons (Fsp3) is 0.522. The van der Waals surface area contributed by atoms with Gasteiger partial charge >= 0.3 is 0 Å². The van der Waals surface area contributed by atoms with Crippen molar-refractivity contribution in [2.75, 3.05) is 6.54 Å². The zero-order chi connectivity index (χ0) is 22.5. The second kappa shape index (κ2) is 10.2. The predicted molar refractivity (Wildman–Crippen MR) is 117 cm³/mol. The predicted octanol–water partition coefficient (Wildman–Crippen LogP) is 3.55. The number of carbonyl (C=O) groups excluding carboxylic acids is 1. The van der Waals surface area contributed by atoms with E-state index in [1.807, 2.05) is 23.9 Å². The van der Waals surface area contributed by atoms with E-state index in [2.05, 4.69) is 28.4 Å². The Kier molecular flexibility index (Phi) is 7.56. The highest BCUT2D eigenvalue weighted by Gasteiger charge is 2.21. The molecule has 0 bridgehead atoms. The maximum absolute atomic E-state index is 13.6. The zero-order valence-electron chi connectivity index (χ0n) is 18.5. The number of amides is 1. The van der Waals surface area contributed by atoms with Crippen LogP contribution in [-0.4, -0.2) is 50.9 Å². The Morgan fingerprint density at radius 3 is 2.90 bits per heavy atom. The number of hydrogen-bond donors (Lipinski definition) is 2. The Bertz CT molecular complexity index is 982. The van der Waals surface area contributed by atoms with Crippen LogP contribution in [0.25, 0.3) is 10.9 Å². The number of aliphatic hydroxyl groups excluding tert-OH is 1. The normalized spacial score (nSPS) is 19.5. The van der Waals surface area contributed by atoms with Gasteiger partial charge in [-0.15, -0.1) is 0 Å². The summed E-state index contributed by atoms with van der Waals surface area (Å²) in [6, 6.07) is 1.78. The van der Waals surface area contributed by atoms with E-state index in [9.17, 15) is 14.3 Å². The fourth-order valence-corrected chi connectivity index (χ4v) is 3.79. The van der Waals surface area contributed by atoms with Crippen LogP contribution in [0.4, 0.5) is 4.39 Å². The minimum atomic E-state index is -1.25. The van der Waals surface area contributed by atoms with E-state index < -0.39 is 12.5 Å². The Hall–Kier alpha value is -2.58. The lowest BCUT2D eigenvalue weighted by Gasteiger charge is -2.25. The SMILES string of the molecule is CCC(F)OC(C)C1=C(C)CC(Cn2cc3c(C(=O)NC[C@@H](C)O)nccc3n2)C=C1. The number of pyridine rings is 1. The quantitative estimate of drug-likeness (QED) is 0.635. The second-order valence-corrected chi connectivity index (χ2v) is 8.16. The van der Waals surface area contributed by atoms with Gasteiger partial charge in [-0.05, 0) is 38.8 Å². The molecule has 1 aliphatic rings. The van der Waals surface area contributed by atoms with Crippen LogP contribution in [0, 0.1) is 5.92 Å². The van der Waals surface area contributed by atoms with E-state index in [4.69, 9.17) is 4.74 Å². The topological polar surface area (TPSA) is 89.3 Å². The molecule has 0 radical (unpaired) electrons. The number of nitrogens with zero attached hydrogens (tertiary/aromatic N) is 3. The lowest BCUT2D eigenvalue weighted by Crippen LogP contribution is -2.31. The Morgan fingerprint density at radius 1 is 1.45 bits per heavy atom. The summed E-state index contributed by atoms with van der Waals surface area (Å²) < 4.78 is 20.8. The van der Waals surface area contributed by atoms with Crippen LogP contribution in [0.5, 0.6) is 0 Å². The second-order valence-electron chi connectivity index (χ2n) is 8.16.